The van der Waals surface area contributed by atoms with Crippen LogP contribution in [0.2, 0.25) is 5.02 Å². The number of halogens is 1. The average molecular weight is 546 g/mol. The molecule has 1 atom stereocenters. The highest BCUT2D eigenvalue weighted by atomic mass is 35.5. The molecule has 1 saturated carbocycles. The van der Waals surface area contributed by atoms with Crippen LogP contribution in [0.15, 0.2) is 65.6 Å². The van der Waals surface area contributed by atoms with Crippen LogP contribution < -0.4 is 10.1 Å². The topological polar surface area (TPSA) is 109 Å². The summed E-state index contributed by atoms with van der Waals surface area (Å²) in [6.07, 6.45) is 2.82. The fourth-order valence-electron chi connectivity index (χ4n) is 4.87. The van der Waals surface area contributed by atoms with Crippen molar-refractivity contribution < 1.29 is 25.9 Å². The van der Waals surface area contributed by atoms with Gasteiger partial charge >= 0.3 is 0 Å². The zero-order valence-electron chi connectivity index (χ0n) is 20.4. The SMILES string of the molecule is COc1cc(C2(C(=O)Nc3cccc(-c4ccc(S(=O)(=O)N5CCC[C@@H]5CO)cc4)n3)CC2)ccc1Cl.[HH].[HH]. The van der Waals surface area contributed by atoms with Gasteiger partial charge in [0.05, 0.1) is 34.7 Å². The van der Waals surface area contributed by atoms with E-state index < -0.39 is 15.4 Å². The second-order valence-corrected chi connectivity index (χ2v) is 11.7. The van der Waals surface area contributed by atoms with Crippen molar-refractivity contribution in [3.05, 3.63) is 71.2 Å². The fraction of sp³-hybridized carbons (Fsp3) is 0.333. The molecule has 1 aliphatic heterocycles. The zero-order chi connectivity index (χ0) is 26.2. The van der Waals surface area contributed by atoms with Crippen LogP contribution in [0.25, 0.3) is 11.3 Å². The summed E-state index contributed by atoms with van der Waals surface area (Å²) in [4.78, 5) is 18.0. The number of anilines is 1. The van der Waals surface area contributed by atoms with E-state index in [9.17, 15) is 18.3 Å². The Hall–Kier alpha value is -2.98. The van der Waals surface area contributed by atoms with E-state index in [-0.39, 0.29) is 26.3 Å². The molecule has 0 bridgehead atoms. The summed E-state index contributed by atoms with van der Waals surface area (Å²) < 4.78 is 32.8. The third-order valence-electron chi connectivity index (χ3n) is 7.17. The fourth-order valence-corrected chi connectivity index (χ4v) is 6.75. The largest absolute Gasteiger partial charge is 0.495 e. The number of pyridine rings is 1. The Kier molecular flexibility index (Phi) is 6.97. The molecular weight excluding hydrogens is 514 g/mol. The molecule has 198 valence electrons. The first-order valence-electron chi connectivity index (χ1n) is 12.1. The number of benzene rings is 2. The maximum absolute atomic E-state index is 13.2. The molecular formula is C27H32ClN3O5S. The predicted molar refractivity (Wildman–Crippen MR) is 145 cm³/mol. The molecule has 1 aromatic heterocycles. The first-order valence-corrected chi connectivity index (χ1v) is 14.0. The molecule has 2 aliphatic rings. The number of aliphatic hydroxyl groups excluding tert-OH is 1. The minimum Gasteiger partial charge on any atom is -0.495 e. The van der Waals surface area contributed by atoms with Gasteiger partial charge in [0.2, 0.25) is 15.9 Å². The van der Waals surface area contributed by atoms with Crippen LogP contribution in [0.1, 0.15) is 34.1 Å². The number of carbonyl (C=O) groups excluding carboxylic acids is 1. The highest BCUT2D eigenvalue weighted by Crippen LogP contribution is 2.50. The summed E-state index contributed by atoms with van der Waals surface area (Å²) in [7, 11) is -2.15. The number of nitrogens with one attached hydrogen (secondary N) is 1. The Labute approximate surface area is 224 Å². The number of hydrogen-bond donors (Lipinski definition) is 2. The van der Waals surface area contributed by atoms with Crippen molar-refractivity contribution in [1.29, 1.82) is 0 Å². The van der Waals surface area contributed by atoms with Crippen molar-refractivity contribution in [1.82, 2.24) is 9.29 Å². The van der Waals surface area contributed by atoms with E-state index >= 15 is 0 Å². The Morgan fingerprint density at radius 1 is 1.22 bits per heavy atom. The van der Waals surface area contributed by atoms with Gasteiger partial charge in [-0.2, -0.15) is 4.31 Å². The molecule has 1 saturated heterocycles. The first kappa shape index (κ1) is 25.7. The molecule has 2 heterocycles. The van der Waals surface area contributed by atoms with Crippen molar-refractivity contribution in [3.63, 3.8) is 0 Å². The van der Waals surface area contributed by atoms with Crippen molar-refractivity contribution in [2.24, 2.45) is 0 Å². The number of amides is 1. The van der Waals surface area contributed by atoms with Gasteiger partial charge in [-0.25, -0.2) is 13.4 Å². The quantitative estimate of drug-likeness (QED) is 0.424. The van der Waals surface area contributed by atoms with Gasteiger partial charge < -0.3 is 15.2 Å². The van der Waals surface area contributed by atoms with Gasteiger partial charge in [-0.05, 0) is 67.6 Å². The van der Waals surface area contributed by atoms with Gasteiger partial charge in [0.1, 0.15) is 11.6 Å². The Bertz CT molecular complexity index is 1440. The second kappa shape index (κ2) is 10.1. The van der Waals surface area contributed by atoms with Crippen molar-refractivity contribution in [2.45, 2.75) is 42.0 Å². The first-order chi connectivity index (χ1) is 17.8. The molecule has 0 spiro atoms. The van der Waals surface area contributed by atoms with Crippen molar-refractivity contribution in [2.75, 3.05) is 25.6 Å². The van der Waals surface area contributed by atoms with E-state index in [1.54, 1.807) is 61.7 Å². The summed E-state index contributed by atoms with van der Waals surface area (Å²) in [5.41, 5.74) is 1.53. The smallest absolute Gasteiger partial charge is 0.243 e. The zero-order valence-corrected chi connectivity index (χ0v) is 21.9. The van der Waals surface area contributed by atoms with Crippen LogP contribution in [-0.4, -0.2) is 55.0 Å². The lowest BCUT2D eigenvalue weighted by Crippen LogP contribution is -2.37. The molecule has 8 nitrogen and oxygen atoms in total. The molecule has 5 rings (SSSR count). The van der Waals surface area contributed by atoms with Crippen LogP contribution in [0.3, 0.4) is 0 Å². The molecule has 1 amide bonds. The minimum absolute atomic E-state index is 0. The van der Waals surface area contributed by atoms with Crippen molar-refractivity contribution in [3.8, 4) is 17.0 Å². The Balaban J connectivity index is 0.00000210. The predicted octanol–water partition coefficient (Wildman–Crippen LogP) is 4.72. The normalized spacial score (nSPS) is 18.9. The standard InChI is InChI=1S/C27H28ClN3O5S.2H2/c1-36-24-16-19(9-12-22(24)28)27(13-14-27)26(33)30-25-6-2-5-23(29-25)18-7-10-21(11-8-18)37(34,35)31-15-3-4-20(31)17-32;;/h2,5-12,16,20,32H,3-4,13-15,17H2,1H3,(H,29,30,33);2*1H/t20-;;/m1../s1. The van der Waals surface area contributed by atoms with Crippen molar-refractivity contribution >= 4 is 33.3 Å². The molecule has 1 aliphatic carbocycles. The number of rotatable bonds is 8. The van der Waals surface area contributed by atoms with Crippen LogP contribution in [-0.2, 0) is 20.2 Å². The minimum atomic E-state index is -3.69. The molecule has 37 heavy (non-hydrogen) atoms. The maximum atomic E-state index is 13.2. The lowest BCUT2D eigenvalue weighted by atomic mass is 9.94. The highest BCUT2D eigenvalue weighted by molar-refractivity contribution is 7.89. The summed E-state index contributed by atoms with van der Waals surface area (Å²) >= 11 is 6.15. The number of carbonyl (C=O) groups is 1. The molecule has 0 radical (unpaired) electrons. The second-order valence-electron chi connectivity index (χ2n) is 9.41. The Morgan fingerprint density at radius 2 is 1.97 bits per heavy atom. The summed E-state index contributed by atoms with van der Waals surface area (Å²) in [6.45, 7) is 0.218. The van der Waals surface area contributed by atoms with Crippen LogP contribution in [0, 0.1) is 0 Å². The third kappa shape index (κ3) is 4.84. The van der Waals surface area contributed by atoms with Gasteiger partial charge in [0.25, 0.3) is 0 Å². The third-order valence-corrected chi connectivity index (χ3v) is 9.45. The number of aliphatic hydroxyl groups is 1. The van der Waals surface area contributed by atoms with E-state index in [1.165, 1.54) is 4.31 Å². The van der Waals surface area contributed by atoms with Crippen LogP contribution in [0.5, 0.6) is 5.75 Å². The molecule has 2 N–H and O–H groups in total. The van der Waals surface area contributed by atoms with E-state index in [0.29, 0.717) is 48.1 Å². The highest BCUT2D eigenvalue weighted by Gasteiger charge is 2.51. The molecule has 0 unspecified atom stereocenters. The number of methoxy groups -OCH3 is 1. The van der Waals surface area contributed by atoms with E-state index in [2.05, 4.69) is 10.3 Å². The lowest BCUT2D eigenvalue weighted by molar-refractivity contribution is -0.118. The molecule has 3 aromatic rings. The lowest BCUT2D eigenvalue weighted by Gasteiger charge is -2.22. The van der Waals surface area contributed by atoms with Crippen LogP contribution in [0.4, 0.5) is 5.82 Å². The summed E-state index contributed by atoms with van der Waals surface area (Å²) in [6, 6.07) is 16.8. The van der Waals surface area contributed by atoms with Gasteiger partial charge in [-0.1, -0.05) is 35.9 Å². The van der Waals surface area contributed by atoms with E-state index in [0.717, 1.165) is 17.5 Å². The van der Waals surface area contributed by atoms with Gasteiger partial charge in [-0.15, -0.1) is 0 Å². The van der Waals surface area contributed by atoms with Gasteiger partial charge in [0.15, 0.2) is 0 Å². The summed E-state index contributed by atoms with van der Waals surface area (Å²) in [5, 5.41) is 13.0. The average Bonchev–Trinajstić information content (AvgIpc) is 3.58. The number of aromatic nitrogens is 1. The number of sulfonamides is 1. The van der Waals surface area contributed by atoms with Gasteiger partial charge in [-0.3, -0.25) is 4.79 Å². The number of hydrogen-bond acceptors (Lipinski definition) is 6. The van der Waals surface area contributed by atoms with E-state index in [1.807, 2.05) is 6.07 Å². The number of ether oxygens (including phenoxy) is 1. The number of nitrogens with zero attached hydrogens (tertiary/aromatic N) is 2. The maximum Gasteiger partial charge on any atom is 0.243 e. The Morgan fingerprint density at radius 3 is 2.65 bits per heavy atom. The molecule has 10 heteroatoms. The van der Waals surface area contributed by atoms with E-state index in [4.69, 9.17) is 16.3 Å². The molecule has 2 aromatic carbocycles. The summed E-state index contributed by atoms with van der Waals surface area (Å²) in [5.74, 6) is 0.793. The van der Waals surface area contributed by atoms with Gasteiger partial charge in [0, 0.05) is 21.0 Å². The monoisotopic (exact) mass is 545 g/mol. The van der Waals surface area contributed by atoms with Crippen LogP contribution >= 0.6 is 11.6 Å². The molecule has 2 fully saturated rings.